The topological polar surface area (TPSA) is 35.5 Å². The summed E-state index contributed by atoms with van der Waals surface area (Å²) in [7, 11) is -2.20. The molecule has 0 fully saturated rings. The van der Waals surface area contributed by atoms with E-state index in [0.29, 0.717) is 6.61 Å². The van der Waals surface area contributed by atoms with Crippen molar-refractivity contribution in [3.8, 4) is 0 Å². The zero-order valence-electron chi connectivity index (χ0n) is 21.2. The van der Waals surface area contributed by atoms with Crippen LogP contribution >= 0.6 is 16.2 Å². The van der Waals surface area contributed by atoms with Gasteiger partial charge in [0.05, 0.1) is 6.61 Å². The van der Waals surface area contributed by atoms with E-state index in [1.54, 1.807) is 0 Å². The normalized spacial score (nSPS) is 11.6. The van der Waals surface area contributed by atoms with Gasteiger partial charge in [-0.2, -0.15) is 0 Å². The summed E-state index contributed by atoms with van der Waals surface area (Å²) in [6.07, 6.45) is 0.879. The fourth-order valence-corrected chi connectivity index (χ4v) is 8.54. The third-order valence-corrected chi connectivity index (χ3v) is 10.6. The maximum absolute atomic E-state index is 6.52. The van der Waals surface area contributed by atoms with Crippen molar-refractivity contribution in [2.45, 2.75) is 0 Å². The first-order valence-electron chi connectivity index (χ1n) is 13.1. The van der Waals surface area contributed by atoms with E-state index in [1.165, 1.54) is 21.4 Å². The lowest BCUT2D eigenvalue weighted by Gasteiger charge is -2.18. The zero-order chi connectivity index (χ0) is 26.0. The Morgan fingerprint density at radius 2 is 0.974 bits per heavy atom. The molecule has 0 N–H and O–H groups in total. The van der Waals surface area contributed by atoms with Crippen molar-refractivity contribution in [2.75, 3.05) is 12.8 Å². The van der Waals surface area contributed by atoms with Crippen LogP contribution in [0.5, 0.6) is 0 Å². The number of fused-ring (bicyclic) bond motifs is 7. The number of benzene rings is 6. The summed E-state index contributed by atoms with van der Waals surface area (Å²) in [5.74, 6) is 0. The van der Waals surface area contributed by atoms with Gasteiger partial charge in [-0.05, 0) is 52.2 Å². The van der Waals surface area contributed by atoms with Crippen LogP contribution in [-0.4, -0.2) is 12.8 Å². The zero-order valence-corrected chi connectivity index (χ0v) is 23.0. The van der Waals surface area contributed by atoms with Crippen LogP contribution in [-0.2, 0) is 0 Å². The van der Waals surface area contributed by atoms with E-state index in [2.05, 4.69) is 133 Å². The van der Waals surface area contributed by atoms with Crippen LogP contribution < -0.4 is 15.1 Å². The molecule has 0 spiro atoms. The maximum atomic E-state index is 6.52. The SMILES string of the molecule is c1ccc(P(CCOp2oc3ccc4ccccc4c3c3c(ccc4ccccc43)o2)c2ccccc2)cc1. The van der Waals surface area contributed by atoms with Crippen molar-refractivity contribution in [2.24, 2.45) is 0 Å². The minimum atomic E-state index is -1.64. The summed E-state index contributed by atoms with van der Waals surface area (Å²) in [5, 5.41) is 9.42. The average molecular weight is 545 g/mol. The summed E-state index contributed by atoms with van der Waals surface area (Å²) in [6, 6.07) is 46.6. The fraction of sp³-hybridized carbons (Fsp3) is 0.0588. The first-order chi connectivity index (χ1) is 19.3. The van der Waals surface area contributed by atoms with Gasteiger partial charge in [-0.1, -0.05) is 121 Å². The van der Waals surface area contributed by atoms with Crippen molar-refractivity contribution >= 4 is 70.3 Å². The Morgan fingerprint density at radius 1 is 0.513 bits per heavy atom. The van der Waals surface area contributed by atoms with E-state index in [-0.39, 0.29) is 0 Å². The maximum Gasteiger partial charge on any atom is 0.387 e. The molecule has 0 unspecified atom stereocenters. The van der Waals surface area contributed by atoms with Gasteiger partial charge in [0.1, 0.15) is 11.2 Å². The van der Waals surface area contributed by atoms with Crippen molar-refractivity contribution in [1.29, 1.82) is 0 Å². The predicted molar refractivity (Wildman–Crippen MR) is 167 cm³/mol. The number of rotatable bonds is 6. The quantitative estimate of drug-likeness (QED) is 0.196. The van der Waals surface area contributed by atoms with Gasteiger partial charge in [-0.25, -0.2) is 0 Å². The minimum absolute atomic E-state index is 0.535. The highest BCUT2D eigenvalue weighted by atomic mass is 31.1. The lowest BCUT2D eigenvalue weighted by Crippen LogP contribution is -2.16. The molecule has 190 valence electrons. The molecule has 0 amide bonds. The molecule has 0 bridgehead atoms. The summed E-state index contributed by atoms with van der Waals surface area (Å²) < 4.78 is 19.4. The van der Waals surface area contributed by atoms with E-state index >= 15 is 0 Å². The van der Waals surface area contributed by atoms with Crippen LogP contribution in [0.3, 0.4) is 0 Å². The highest BCUT2D eigenvalue weighted by Crippen LogP contribution is 2.41. The second-order valence-electron chi connectivity index (χ2n) is 9.38. The predicted octanol–water partition coefficient (Wildman–Crippen LogP) is 9.16. The van der Waals surface area contributed by atoms with E-state index in [4.69, 9.17) is 12.9 Å². The molecule has 0 atom stereocenters. The Morgan fingerprint density at radius 3 is 1.49 bits per heavy atom. The summed E-state index contributed by atoms with van der Waals surface area (Å²) in [5.41, 5.74) is 1.59. The first-order valence-corrected chi connectivity index (χ1v) is 15.7. The molecule has 39 heavy (non-hydrogen) atoms. The molecule has 0 saturated carbocycles. The van der Waals surface area contributed by atoms with Crippen molar-refractivity contribution in [3.05, 3.63) is 133 Å². The Bertz CT molecular complexity index is 1810. The van der Waals surface area contributed by atoms with Gasteiger partial charge < -0.3 is 8.39 Å². The molecule has 5 heteroatoms. The van der Waals surface area contributed by atoms with Gasteiger partial charge in [0.25, 0.3) is 0 Å². The van der Waals surface area contributed by atoms with E-state index in [0.717, 1.165) is 38.9 Å². The molecule has 7 aromatic rings. The molecular formula is C34H26O3P2. The van der Waals surface area contributed by atoms with Crippen molar-refractivity contribution in [1.82, 2.24) is 0 Å². The Kier molecular flexibility index (Phi) is 6.65. The Labute approximate surface area is 229 Å². The molecule has 7 rings (SSSR count). The number of hydrogen-bond donors (Lipinski definition) is 0. The van der Waals surface area contributed by atoms with Crippen molar-refractivity contribution < 1.29 is 12.9 Å². The number of hydrogen-bond acceptors (Lipinski definition) is 3. The molecule has 6 aromatic carbocycles. The van der Waals surface area contributed by atoms with Gasteiger partial charge >= 0.3 is 8.24 Å². The fourth-order valence-electron chi connectivity index (χ4n) is 5.23. The summed E-state index contributed by atoms with van der Waals surface area (Å²) in [6.45, 7) is 0.535. The van der Waals surface area contributed by atoms with Crippen LogP contribution in [0.2, 0.25) is 0 Å². The van der Waals surface area contributed by atoms with Gasteiger partial charge in [0, 0.05) is 16.9 Å². The smallest absolute Gasteiger partial charge is 0.387 e. The lowest BCUT2D eigenvalue weighted by atomic mass is 9.99. The van der Waals surface area contributed by atoms with Gasteiger partial charge in [0.15, 0.2) is 0 Å². The Hall–Kier alpha value is -3.87. The molecule has 0 aliphatic carbocycles. The first kappa shape index (κ1) is 24.2. The molecule has 0 aliphatic rings. The van der Waals surface area contributed by atoms with Gasteiger partial charge in [-0.15, -0.1) is 0 Å². The van der Waals surface area contributed by atoms with E-state index < -0.39 is 16.2 Å². The lowest BCUT2D eigenvalue weighted by molar-refractivity contribution is 0.397. The molecule has 1 heterocycles. The summed E-state index contributed by atoms with van der Waals surface area (Å²) in [4.78, 5) is 0. The van der Waals surface area contributed by atoms with Gasteiger partial charge in [-0.3, -0.25) is 4.52 Å². The van der Waals surface area contributed by atoms with Crippen LogP contribution in [0, 0.1) is 0 Å². The standard InChI is InChI=1S/C34H26O3P2/c1-3-13-27(14-4-1)38(28-15-5-2-6-16-28)24-23-35-39-36-31-21-19-25-11-7-9-17-29(25)33(31)34-30-18-10-8-12-26(30)20-22-32(34)37-39/h1-22H,23-24H2. The van der Waals surface area contributed by atoms with Crippen LogP contribution in [0.4, 0.5) is 0 Å². The second-order valence-corrected chi connectivity index (χ2v) is 12.8. The van der Waals surface area contributed by atoms with Crippen molar-refractivity contribution in [3.63, 3.8) is 0 Å². The average Bonchev–Trinajstić information content (AvgIpc) is 3.17. The summed E-state index contributed by atoms with van der Waals surface area (Å²) >= 11 is 0. The van der Waals surface area contributed by atoms with Crippen LogP contribution in [0.1, 0.15) is 0 Å². The highest BCUT2D eigenvalue weighted by molar-refractivity contribution is 7.73. The molecule has 3 nitrogen and oxygen atoms in total. The van der Waals surface area contributed by atoms with Gasteiger partial charge in [0.2, 0.25) is 0 Å². The molecule has 0 radical (unpaired) electrons. The molecular weight excluding hydrogens is 518 g/mol. The monoisotopic (exact) mass is 544 g/mol. The second kappa shape index (κ2) is 10.7. The van der Waals surface area contributed by atoms with Crippen LogP contribution in [0.25, 0.3) is 43.5 Å². The largest absolute Gasteiger partial charge is 0.399 e. The highest BCUT2D eigenvalue weighted by Gasteiger charge is 2.16. The molecule has 0 saturated heterocycles. The molecule has 0 aliphatic heterocycles. The minimum Gasteiger partial charge on any atom is -0.399 e. The van der Waals surface area contributed by atoms with Crippen LogP contribution in [0.15, 0.2) is 142 Å². The Balaban J connectivity index is 1.34. The third-order valence-electron chi connectivity index (χ3n) is 7.02. The van der Waals surface area contributed by atoms with E-state index in [9.17, 15) is 0 Å². The molecule has 1 aromatic heterocycles. The van der Waals surface area contributed by atoms with E-state index in [1.807, 2.05) is 0 Å². The third kappa shape index (κ3) is 4.75.